The van der Waals surface area contributed by atoms with Gasteiger partial charge in [-0.2, -0.15) is 0 Å². The number of nitrogens with one attached hydrogen (secondary N) is 1. The van der Waals surface area contributed by atoms with Crippen LogP contribution in [0.5, 0.6) is 5.75 Å². The van der Waals surface area contributed by atoms with Crippen LogP contribution in [-0.2, 0) is 19.6 Å². The average molecular weight is 497 g/mol. The third-order valence-corrected chi connectivity index (χ3v) is 6.76. The molecule has 3 aromatic carbocycles. The molecular weight excluding hydrogens is 468 g/mol. The second kappa shape index (κ2) is 11.5. The normalized spacial score (nSPS) is 10.9. The zero-order valence-corrected chi connectivity index (χ0v) is 20.7. The fourth-order valence-electron chi connectivity index (χ4n) is 3.35. The highest BCUT2D eigenvalue weighted by Gasteiger charge is 2.29. The summed E-state index contributed by atoms with van der Waals surface area (Å²) in [5, 5.41) is 2.67. The van der Waals surface area contributed by atoms with Gasteiger partial charge in [0.05, 0.1) is 29.4 Å². The number of anilines is 2. The van der Waals surface area contributed by atoms with Gasteiger partial charge in [0.15, 0.2) is 0 Å². The van der Waals surface area contributed by atoms with E-state index in [4.69, 9.17) is 9.47 Å². The zero-order chi connectivity index (χ0) is 25.4. The molecule has 0 spiro atoms. The number of sulfonamides is 1. The molecule has 0 saturated heterocycles. The number of esters is 1. The Balaban J connectivity index is 1.95. The van der Waals surface area contributed by atoms with E-state index in [-0.39, 0.29) is 22.8 Å². The van der Waals surface area contributed by atoms with Gasteiger partial charge in [-0.05, 0) is 63.2 Å². The first-order chi connectivity index (χ1) is 16.8. The van der Waals surface area contributed by atoms with E-state index in [1.165, 1.54) is 18.2 Å². The molecule has 0 aliphatic rings. The van der Waals surface area contributed by atoms with E-state index in [1.54, 1.807) is 68.4 Å². The number of amides is 1. The van der Waals surface area contributed by atoms with Crippen molar-refractivity contribution in [3.05, 3.63) is 83.9 Å². The fourth-order valence-corrected chi connectivity index (χ4v) is 4.78. The van der Waals surface area contributed by atoms with Crippen molar-refractivity contribution in [2.45, 2.75) is 25.7 Å². The minimum absolute atomic E-state index is 0.0477. The van der Waals surface area contributed by atoms with Crippen molar-refractivity contribution in [2.24, 2.45) is 0 Å². The molecule has 0 radical (unpaired) electrons. The van der Waals surface area contributed by atoms with Crippen LogP contribution in [0.1, 0.15) is 29.8 Å². The molecular formula is C26H28N2O6S. The molecule has 0 aliphatic carbocycles. The number of carbonyl (C=O) groups is 2. The maximum Gasteiger partial charge on any atom is 0.338 e. The Morgan fingerprint density at radius 3 is 2.31 bits per heavy atom. The summed E-state index contributed by atoms with van der Waals surface area (Å²) in [6.07, 6.45) is 0. The minimum atomic E-state index is -4.11. The number of rotatable bonds is 10. The van der Waals surface area contributed by atoms with Gasteiger partial charge in [-0.25, -0.2) is 13.2 Å². The van der Waals surface area contributed by atoms with Crippen LogP contribution in [0.2, 0.25) is 0 Å². The quantitative estimate of drug-likeness (QED) is 0.417. The summed E-state index contributed by atoms with van der Waals surface area (Å²) in [7, 11) is -4.11. The van der Waals surface area contributed by atoms with Gasteiger partial charge in [0.25, 0.3) is 10.0 Å². The summed E-state index contributed by atoms with van der Waals surface area (Å²) in [6.45, 7) is 5.38. The van der Waals surface area contributed by atoms with Crippen LogP contribution in [0.25, 0.3) is 0 Å². The molecule has 35 heavy (non-hydrogen) atoms. The van der Waals surface area contributed by atoms with Gasteiger partial charge in [0.1, 0.15) is 12.3 Å². The number of para-hydroxylation sites is 2. The second-order valence-electron chi connectivity index (χ2n) is 7.57. The zero-order valence-electron chi connectivity index (χ0n) is 19.9. The van der Waals surface area contributed by atoms with E-state index >= 15 is 0 Å². The van der Waals surface area contributed by atoms with Crippen LogP contribution in [0.3, 0.4) is 0 Å². The highest BCUT2D eigenvalue weighted by atomic mass is 32.2. The lowest BCUT2D eigenvalue weighted by molar-refractivity contribution is -0.114. The van der Waals surface area contributed by atoms with Crippen molar-refractivity contribution in [2.75, 3.05) is 29.4 Å². The van der Waals surface area contributed by atoms with E-state index in [0.29, 0.717) is 18.0 Å². The number of benzene rings is 3. The third-order valence-electron chi connectivity index (χ3n) is 4.99. The lowest BCUT2D eigenvalue weighted by atomic mass is 10.2. The Kier molecular flexibility index (Phi) is 8.48. The first-order valence-electron chi connectivity index (χ1n) is 11.1. The molecule has 0 atom stereocenters. The number of ether oxygens (including phenoxy) is 2. The second-order valence-corrected chi connectivity index (χ2v) is 9.44. The molecule has 184 valence electrons. The van der Waals surface area contributed by atoms with Gasteiger partial charge in [0, 0.05) is 5.69 Å². The van der Waals surface area contributed by atoms with Crippen LogP contribution >= 0.6 is 0 Å². The molecule has 0 heterocycles. The molecule has 3 aromatic rings. The van der Waals surface area contributed by atoms with Crippen LogP contribution in [0, 0.1) is 6.92 Å². The molecule has 0 bridgehead atoms. The largest absolute Gasteiger partial charge is 0.492 e. The Hall–Kier alpha value is -3.85. The number of hydrogen-bond acceptors (Lipinski definition) is 6. The van der Waals surface area contributed by atoms with Crippen LogP contribution in [-0.4, -0.2) is 40.1 Å². The molecule has 3 rings (SSSR count). The standard InChI is InChI=1S/C26H28N2O6S/c1-4-33-24-12-7-6-11-23(24)28(35(31,32)22-15-13-19(3)14-16-22)18-25(29)27-21-10-8-9-20(17-21)26(30)34-5-2/h6-17H,4-5,18H2,1-3H3,(H,27,29). The van der Waals surface area contributed by atoms with Gasteiger partial charge in [-0.15, -0.1) is 0 Å². The van der Waals surface area contributed by atoms with Gasteiger partial charge in [-0.1, -0.05) is 35.9 Å². The Bertz CT molecular complexity index is 1290. The smallest absolute Gasteiger partial charge is 0.338 e. The topological polar surface area (TPSA) is 102 Å². The maximum absolute atomic E-state index is 13.6. The average Bonchev–Trinajstić information content (AvgIpc) is 2.84. The first-order valence-corrected chi connectivity index (χ1v) is 12.6. The predicted octanol–water partition coefficient (Wildman–Crippen LogP) is 4.40. The minimum Gasteiger partial charge on any atom is -0.492 e. The molecule has 0 aromatic heterocycles. The van der Waals surface area contributed by atoms with Gasteiger partial charge in [-0.3, -0.25) is 9.10 Å². The summed E-state index contributed by atoms with van der Waals surface area (Å²) in [5.41, 5.74) is 1.76. The fraction of sp³-hybridized carbons (Fsp3) is 0.231. The summed E-state index contributed by atoms with van der Waals surface area (Å²) in [5.74, 6) is -0.770. The Morgan fingerprint density at radius 1 is 0.914 bits per heavy atom. The summed E-state index contributed by atoms with van der Waals surface area (Å²) < 4.78 is 38.9. The Labute approximate surface area is 205 Å². The highest BCUT2D eigenvalue weighted by molar-refractivity contribution is 7.92. The lowest BCUT2D eigenvalue weighted by Gasteiger charge is -2.26. The van der Waals surface area contributed by atoms with Crippen molar-refractivity contribution < 1.29 is 27.5 Å². The molecule has 0 aliphatic heterocycles. The maximum atomic E-state index is 13.6. The molecule has 0 saturated carbocycles. The van der Waals surface area contributed by atoms with E-state index in [9.17, 15) is 18.0 Å². The van der Waals surface area contributed by atoms with E-state index in [0.717, 1.165) is 9.87 Å². The van der Waals surface area contributed by atoms with Crippen LogP contribution in [0.4, 0.5) is 11.4 Å². The van der Waals surface area contributed by atoms with Crippen molar-refractivity contribution >= 4 is 33.3 Å². The third kappa shape index (κ3) is 6.39. The molecule has 9 heteroatoms. The van der Waals surface area contributed by atoms with Crippen molar-refractivity contribution in [1.29, 1.82) is 0 Å². The number of aryl methyl sites for hydroxylation is 1. The SMILES string of the molecule is CCOC(=O)c1cccc(NC(=O)CN(c2ccccc2OCC)S(=O)(=O)c2ccc(C)cc2)c1. The molecule has 0 unspecified atom stereocenters. The monoisotopic (exact) mass is 496 g/mol. The number of hydrogen-bond donors (Lipinski definition) is 1. The summed E-state index contributed by atoms with van der Waals surface area (Å²) >= 11 is 0. The summed E-state index contributed by atoms with van der Waals surface area (Å²) in [4.78, 5) is 25.1. The van der Waals surface area contributed by atoms with Gasteiger partial charge in [0.2, 0.25) is 5.91 Å². The van der Waals surface area contributed by atoms with Crippen LogP contribution in [0.15, 0.2) is 77.7 Å². The molecule has 8 nitrogen and oxygen atoms in total. The number of carbonyl (C=O) groups excluding carboxylic acids is 2. The highest BCUT2D eigenvalue weighted by Crippen LogP contribution is 2.32. The number of nitrogens with zero attached hydrogens (tertiary/aromatic N) is 1. The molecule has 1 N–H and O–H groups in total. The van der Waals surface area contributed by atoms with Crippen molar-refractivity contribution in [1.82, 2.24) is 0 Å². The van der Waals surface area contributed by atoms with Crippen molar-refractivity contribution in [3.63, 3.8) is 0 Å². The van der Waals surface area contributed by atoms with Crippen LogP contribution < -0.4 is 14.4 Å². The van der Waals surface area contributed by atoms with Gasteiger partial charge >= 0.3 is 5.97 Å². The molecule has 1 amide bonds. The summed E-state index contributed by atoms with van der Waals surface area (Å²) in [6, 6.07) is 19.3. The van der Waals surface area contributed by atoms with E-state index < -0.39 is 28.4 Å². The van der Waals surface area contributed by atoms with Gasteiger partial charge < -0.3 is 14.8 Å². The van der Waals surface area contributed by atoms with E-state index in [2.05, 4.69) is 5.32 Å². The Morgan fingerprint density at radius 2 is 1.63 bits per heavy atom. The van der Waals surface area contributed by atoms with E-state index in [1.807, 2.05) is 6.92 Å². The molecule has 0 fully saturated rings. The predicted molar refractivity (Wildman–Crippen MR) is 134 cm³/mol. The van der Waals surface area contributed by atoms with Crippen molar-refractivity contribution in [3.8, 4) is 5.75 Å². The first kappa shape index (κ1) is 25.8. The lowest BCUT2D eigenvalue weighted by Crippen LogP contribution is -2.38.